The Kier molecular flexibility index (Phi) is 4.62. The number of hydrogen-bond donors (Lipinski definition) is 2. The average molecular weight is 292 g/mol. The summed E-state index contributed by atoms with van der Waals surface area (Å²) in [5.41, 5.74) is 1.99. The Labute approximate surface area is 103 Å². The van der Waals surface area contributed by atoms with Crippen molar-refractivity contribution in [2.75, 3.05) is 0 Å². The predicted octanol–water partition coefficient (Wildman–Crippen LogP) is 2.86. The molecule has 0 fully saturated rings. The highest BCUT2D eigenvalue weighted by Gasteiger charge is 2.59. The van der Waals surface area contributed by atoms with Crippen molar-refractivity contribution in [1.29, 1.82) is 0 Å². The van der Waals surface area contributed by atoms with Gasteiger partial charge >= 0.3 is 12.4 Å². The van der Waals surface area contributed by atoms with Gasteiger partial charge in [0.2, 0.25) is 0 Å². The second-order valence-corrected chi connectivity index (χ2v) is 4.45. The van der Waals surface area contributed by atoms with E-state index in [-0.39, 0.29) is 0 Å². The molecular formula is C9H10F6N2S. The van der Waals surface area contributed by atoms with Gasteiger partial charge in [-0.15, -0.1) is 0 Å². The molecule has 1 atom stereocenters. The molecule has 0 aliphatic carbocycles. The Morgan fingerprint density at radius 3 is 2.06 bits per heavy atom. The Morgan fingerprint density at radius 2 is 1.72 bits per heavy atom. The first kappa shape index (κ1) is 15.3. The first-order chi connectivity index (χ1) is 8.16. The second kappa shape index (κ2) is 5.45. The Hall–Kier alpha value is -0.800. The first-order valence-electron chi connectivity index (χ1n) is 4.77. The van der Waals surface area contributed by atoms with Gasteiger partial charge in [-0.1, -0.05) is 0 Å². The molecule has 0 aliphatic rings. The maximum absolute atomic E-state index is 12.5. The molecule has 0 amide bonds. The zero-order chi connectivity index (χ0) is 14.0. The fourth-order valence-corrected chi connectivity index (χ4v) is 2.26. The summed E-state index contributed by atoms with van der Waals surface area (Å²) in [5, 5.41) is 3.05. The SMILES string of the molecule is NNC(Cc1ccsc1)C(C(F)(F)F)C(F)(F)F. The lowest BCUT2D eigenvalue weighted by Crippen LogP contribution is -2.54. The minimum atomic E-state index is -5.40. The molecule has 1 aromatic heterocycles. The summed E-state index contributed by atoms with van der Waals surface area (Å²) >= 11 is 1.19. The van der Waals surface area contributed by atoms with Crippen molar-refractivity contribution in [3.05, 3.63) is 22.4 Å². The van der Waals surface area contributed by atoms with E-state index in [0.717, 1.165) is 0 Å². The number of hydrogen-bond acceptors (Lipinski definition) is 3. The molecule has 0 bridgehead atoms. The lowest BCUT2D eigenvalue weighted by molar-refractivity contribution is -0.291. The van der Waals surface area contributed by atoms with Crippen LogP contribution < -0.4 is 11.3 Å². The third-order valence-corrected chi connectivity index (χ3v) is 3.09. The lowest BCUT2D eigenvalue weighted by atomic mass is 9.94. The van der Waals surface area contributed by atoms with Crippen molar-refractivity contribution < 1.29 is 26.3 Å². The van der Waals surface area contributed by atoms with Gasteiger partial charge in [0, 0.05) is 6.04 Å². The van der Waals surface area contributed by atoms with Gasteiger partial charge in [-0.05, 0) is 28.8 Å². The van der Waals surface area contributed by atoms with Gasteiger partial charge in [-0.25, -0.2) is 0 Å². The van der Waals surface area contributed by atoms with Crippen LogP contribution in [0.4, 0.5) is 26.3 Å². The highest BCUT2D eigenvalue weighted by molar-refractivity contribution is 7.07. The summed E-state index contributed by atoms with van der Waals surface area (Å²) in [4.78, 5) is 0. The van der Waals surface area contributed by atoms with Crippen LogP contribution in [0.3, 0.4) is 0 Å². The average Bonchev–Trinajstić information content (AvgIpc) is 2.64. The summed E-state index contributed by atoms with van der Waals surface area (Å²) < 4.78 is 74.8. The highest BCUT2D eigenvalue weighted by atomic mass is 32.1. The molecule has 0 aromatic carbocycles. The van der Waals surface area contributed by atoms with E-state index < -0.39 is 30.7 Å². The fourth-order valence-electron chi connectivity index (χ4n) is 1.58. The molecule has 1 heterocycles. The Balaban J connectivity index is 2.95. The molecule has 1 aromatic rings. The molecule has 0 radical (unpaired) electrons. The van der Waals surface area contributed by atoms with Gasteiger partial charge in [-0.3, -0.25) is 11.3 Å². The number of nitrogens with one attached hydrogen (secondary N) is 1. The molecule has 3 N–H and O–H groups in total. The van der Waals surface area contributed by atoms with Crippen LogP contribution >= 0.6 is 11.3 Å². The highest BCUT2D eigenvalue weighted by Crippen LogP contribution is 2.42. The van der Waals surface area contributed by atoms with Gasteiger partial charge in [0.15, 0.2) is 5.92 Å². The molecule has 0 spiro atoms. The molecule has 9 heteroatoms. The summed E-state index contributed by atoms with van der Waals surface area (Å²) in [6.07, 6.45) is -11.2. The predicted molar refractivity (Wildman–Crippen MR) is 54.7 cm³/mol. The topological polar surface area (TPSA) is 38.0 Å². The smallest absolute Gasteiger partial charge is 0.271 e. The van der Waals surface area contributed by atoms with Gasteiger partial charge in [-0.2, -0.15) is 37.7 Å². The van der Waals surface area contributed by atoms with Crippen molar-refractivity contribution in [1.82, 2.24) is 5.43 Å². The second-order valence-electron chi connectivity index (χ2n) is 3.67. The van der Waals surface area contributed by atoms with Crippen LogP contribution in [-0.2, 0) is 6.42 Å². The number of alkyl halides is 6. The van der Waals surface area contributed by atoms with Crippen molar-refractivity contribution in [3.63, 3.8) is 0 Å². The summed E-state index contributed by atoms with van der Waals surface area (Å²) in [5.74, 6) is 1.35. The van der Waals surface area contributed by atoms with Crippen molar-refractivity contribution >= 4 is 11.3 Å². The van der Waals surface area contributed by atoms with E-state index >= 15 is 0 Å². The number of nitrogens with two attached hydrogens (primary N) is 1. The van der Waals surface area contributed by atoms with Crippen molar-refractivity contribution in [2.24, 2.45) is 11.8 Å². The molecule has 18 heavy (non-hydrogen) atoms. The van der Waals surface area contributed by atoms with E-state index in [9.17, 15) is 26.3 Å². The number of thiophene rings is 1. The van der Waals surface area contributed by atoms with Crippen molar-refractivity contribution in [3.8, 4) is 0 Å². The molecule has 0 saturated heterocycles. The van der Waals surface area contributed by atoms with Crippen LogP contribution in [0, 0.1) is 5.92 Å². The maximum atomic E-state index is 12.5. The molecule has 2 nitrogen and oxygen atoms in total. The number of hydrazine groups is 1. The summed E-state index contributed by atoms with van der Waals surface area (Å²) in [6, 6.07) is -0.488. The van der Waals surface area contributed by atoms with Crippen LogP contribution in [0.25, 0.3) is 0 Å². The van der Waals surface area contributed by atoms with Gasteiger partial charge in [0.05, 0.1) is 0 Å². The normalized spacial score (nSPS) is 15.1. The van der Waals surface area contributed by atoms with E-state index in [1.807, 2.05) is 0 Å². The van der Waals surface area contributed by atoms with E-state index in [1.165, 1.54) is 22.8 Å². The zero-order valence-electron chi connectivity index (χ0n) is 8.85. The van der Waals surface area contributed by atoms with Crippen LogP contribution in [0.2, 0.25) is 0 Å². The first-order valence-corrected chi connectivity index (χ1v) is 5.71. The Bertz CT molecular complexity index is 344. The quantitative estimate of drug-likeness (QED) is 0.509. The van der Waals surface area contributed by atoms with Crippen LogP contribution in [-0.4, -0.2) is 18.4 Å². The summed E-state index contributed by atoms with van der Waals surface area (Å²) in [6.45, 7) is 0. The standard InChI is InChI=1S/C9H10F6N2S/c10-8(11,12)7(9(13,14)15)6(17-16)3-5-1-2-18-4-5/h1-2,4,6-7,17H,3,16H2. The van der Waals surface area contributed by atoms with Gasteiger partial charge < -0.3 is 0 Å². The third kappa shape index (κ3) is 3.85. The maximum Gasteiger partial charge on any atom is 0.402 e. The zero-order valence-corrected chi connectivity index (χ0v) is 9.66. The molecule has 0 saturated carbocycles. The van der Waals surface area contributed by atoms with Gasteiger partial charge in [0.25, 0.3) is 0 Å². The molecule has 0 aliphatic heterocycles. The third-order valence-electron chi connectivity index (χ3n) is 2.36. The van der Waals surface area contributed by atoms with E-state index in [0.29, 0.717) is 5.56 Å². The molecule has 104 valence electrons. The van der Waals surface area contributed by atoms with Crippen LogP contribution in [0.5, 0.6) is 0 Å². The molecule has 1 rings (SSSR count). The molecular weight excluding hydrogens is 282 g/mol. The van der Waals surface area contributed by atoms with E-state index in [2.05, 4.69) is 0 Å². The van der Waals surface area contributed by atoms with E-state index in [1.54, 1.807) is 10.8 Å². The fraction of sp³-hybridized carbons (Fsp3) is 0.556. The number of rotatable bonds is 4. The van der Waals surface area contributed by atoms with Crippen LogP contribution in [0.1, 0.15) is 5.56 Å². The van der Waals surface area contributed by atoms with Crippen LogP contribution in [0.15, 0.2) is 16.8 Å². The monoisotopic (exact) mass is 292 g/mol. The van der Waals surface area contributed by atoms with E-state index in [4.69, 9.17) is 5.84 Å². The minimum Gasteiger partial charge on any atom is -0.271 e. The minimum absolute atomic E-state index is 0.376. The molecule has 1 unspecified atom stereocenters. The van der Waals surface area contributed by atoms with Gasteiger partial charge in [0.1, 0.15) is 0 Å². The summed E-state index contributed by atoms with van der Waals surface area (Å²) in [7, 11) is 0. The number of halogens is 6. The largest absolute Gasteiger partial charge is 0.402 e. The Morgan fingerprint density at radius 1 is 1.17 bits per heavy atom. The lowest BCUT2D eigenvalue weighted by Gasteiger charge is -2.30. The van der Waals surface area contributed by atoms with Crippen molar-refractivity contribution in [2.45, 2.75) is 24.8 Å².